The van der Waals surface area contributed by atoms with Crippen LogP contribution in [0.3, 0.4) is 0 Å². The lowest BCUT2D eigenvalue weighted by Crippen LogP contribution is -2.19. The van der Waals surface area contributed by atoms with Gasteiger partial charge in [0.25, 0.3) is 5.69 Å². The summed E-state index contributed by atoms with van der Waals surface area (Å²) < 4.78 is 0. The third kappa shape index (κ3) is 5.49. The summed E-state index contributed by atoms with van der Waals surface area (Å²) in [5, 5.41) is 23.2. The fourth-order valence-corrected chi connectivity index (χ4v) is 2.03. The molecule has 0 unspecified atom stereocenters. The van der Waals surface area contributed by atoms with Crippen LogP contribution in [0.2, 0.25) is 0 Å². The molecule has 116 valence electrons. The Kier molecular flexibility index (Phi) is 6.77. The Labute approximate surface area is 123 Å². The molecule has 0 aromatic heterocycles. The Hall–Kier alpha value is -1.99. The Balaban J connectivity index is 2.61. The quantitative estimate of drug-likeness (QED) is 0.409. The second-order valence-corrected chi connectivity index (χ2v) is 5.06. The third-order valence-electron chi connectivity index (χ3n) is 3.06. The molecule has 0 aliphatic heterocycles. The van der Waals surface area contributed by atoms with Gasteiger partial charge in [0.1, 0.15) is 5.56 Å². The first-order valence-corrected chi connectivity index (χ1v) is 6.78. The van der Waals surface area contributed by atoms with Crippen LogP contribution in [0.1, 0.15) is 28.8 Å². The van der Waals surface area contributed by atoms with Crippen LogP contribution < -0.4 is 5.32 Å². The van der Waals surface area contributed by atoms with Gasteiger partial charge in [-0.2, -0.15) is 0 Å². The SMILES string of the molecule is CN(C)CCCCNCc1cccc([N+](=O)[O-])c1C(=O)O. The lowest BCUT2D eigenvalue weighted by Gasteiger charge is -2.10. The molecule has 0 spiro atoms. The largest absolute Gasteiger partial charge is 0.477 e. The van der Waals surface area contributed by atoms with E-state index in [4.69, 9.17) is 5.11 Å². The maximum atomic E-state index is 11.2. The van der Waals surface area contributed by atoms with Crippen molar-refractivity contribution in [3.63, 3.8) is 0 Å². The average molecular weight is 295 g/mol. The van der Waals surface area contributed by atoms with Crippen LogP contribution >= 0.6 is 0 Å². The highest BCUT2D eigenvalue weighted by Crippen LogP contribution is 2.22. The maximum Gasteiger partial charge on any atom is 0.343 e. The highest BCUT2D eigenvalue weighted by molar-refractivity contribution is 5.94. The van der Waals surface area contributed by atoms with Crippen molar-refractivity contribution in [3.05, 3.63) is 39.4 Å². The van der Waals surface area contributed by atoms with Crippen molar-refractivity contribution in [3.8, 4) is 0 Å². The predicted molar refractivity (Wildman–Crippen MR) is 79.6 cm³/mol. The molecule has 0 aliphatic rings. The fraction of sp³-hybridized carbons (Fsp3) is 0.500. The molecule has 0 radical (unpaired) electrons. The zero-order valence-corrected chi connectivity index (χ0v) is 12.3. The van der Waals surface area contributed by atoms with Crippen molar-refractivity contribution in [1.29, 1.82) is 0 Å². The van der Waals surface area contributed by atoms with E-state index < -0.39 is 10.9 Å². The topological polar surface area (TPSA) is 95.7 Å². The minimum atomic E-state index is -1.27. The van der Waals surface area contributed by atoms with Crippen molar-refractivity contribution >= 4 is 11.7 Å². The van der Waals surface area contributed by atoms with Gasteiger partial charge < -0.3 is 15.3 Å². The summed E-state index contributed by atoms with van der Waals surface area (Å²) in [7, 11) is 4.02. The Morgan fingerprint density at radius 1 is 1.38 bits per heavy atom. The van der Waals surface area contributed by atoms with E-state index in [1.807, 2.05) is 14.1 Å². The number of benzene rings is 1. The molecule has 1 rings (SSSR count). The second-order valence-electron chi connectivity index (χ2n) is 5.06. The van der Waals surface area contributed by atoms with Gasteiger partial charge in [-0.25, -0.2) is 4.79 Å². The summed E-state index contributed by atoms with van der Waals surface area (Å²) in [6, 6.07) is 4.32. The summed E-state index contributed by atoms with van der Waals surface area (Å²) in [6.45, 7) is 2.06. The number of unbranched alkanes of at least 4 members (excludes halogenated alkanes) is 1. The summed E-state index contributed by atoms with van der Waals surface area (Å²) in [6.07, 6.45) is 2.01. The number of aromatic carboxylic acids is 1. The zero-order chi connectivity index (χ0) is 15.8. The number of hydrogen-bond acceptors (Lipinski definition) is 5. The number of hydrogen-bond donors (Lipinski definition) is 2. The molecule has 0 aliphatic carbocycles. The van der Waals surface area contributed by atoms with Crippen LogP contribution in [0.15, 0.2) is 18.2 Å². The molecule has 1 aromatic carbocycles. The smallest absolute Gasteiger partial charge is 0.343 e. The zero-order valence-electron chi connectivity index (χ0n) is 12.3. The first kappa shape index (κ1) is 17.1. The van der Waals surface area contributed by atoms with E-state index in [-0.39, 0.29) is 11.3 Å². The second kappa shape index (κ2) is 8.33. The molecular weight excluding hydrogens is 274 g/mol. The first-order chi connectivity index (χ1) is 9.93. The molecule has 1 aromatic rings. The average Bonchev–Trinajstić information content (AvgIpc) is 2.41. The molecule has 21 heavy (non-hydrogen) atoms. The van der Waals surface area contributed by atoms with E-state index in [0.717, 1.165) is 25.9 Å². The molecular formula is C14H21N3O4. The van der Waals surface area contributed by atoms with E-state index in [0.29, 0.717) is 12.1 Å². The molecule has 7 heteroatoms. The fourth-order valence-electron chi connectivity index (χ4n) is 2.03. The highest BCUT2D eigenvalue weighted by Gasteiger charge is 2.22. The molecule has 0 saturated carbocycles. The van der Waals surface area contributed by atoms with E-state index in [9.17, 15) is 14.9 Å². The lowest BCUT2D eigenvalue weighted by atomic mass is 10.1. The molecule has 0 amide bonds. The van der Waals surface area contributed by atoms with Gasteiger partial charge in [0.15, 0.2) is 0 Å². The number of nitrogens with one attached hydrogen (secondary N) is 1. The number of carboxylic acids is 1. The number of nitro groups is 1. The van der Waals surface area contributed by atoms with Gasteiger partial charge in [0, 0.05) is 12.6 Å². The molecule has 0 saturated heterocycles. The summed E-state index contributed by atoms with van der Waals surface area (Å²) in [5.74, 6) is -1.27. The van der Waals surface area contributed by atoms with E-state index >= 15 is 0 Å². The van der Waals surface area contributed by atoms with Gasteiger partial charge in [-0.05, 0) is 45.6 Å². The molecule has 0 bridgehead atoms. The summed E-state index contributed by atoms with van der Waals surface area (Å²) in [5.41, 5.74) is -0.165. The van der Waals surface area contributed by atoms with E-state index in [2.05, 4.69) is 10.2 Å². The first-order valence-electron chi connectivity index (χ1n) is 6.78. The summed E-state index contributed by atoms with van der Waals surface area (Å²) >= 11 is 0. The van der Waals surface area contributed by atoms with Gasteiger partial charge in [-0.1, -0.05) is 12.1 Å². The van der Waals surface area contributed by atoms with Gasteiger partial charge in [0.2, 0.25) is 0 Å². The summed E-state index contributed by atoms with van der Waals surface area (Å²) in [4.78, 5) is 23.5. The molecule has 7 nitrogen and oxygen atoms in total. The number of rotatable bonds is 9. The Morgan fingerprint density at radius 2 is 2.10 bits per heavy atom. The molecule has 0 fully saturated rings. The molecule has 0 heterocycles. The van der Waals surface area contributed by atoms with E-state index in [1.165, 1.54) is 12.1 Å². The van der Waals surface area contributed by atoms with Gasteiger partial charge >= 0.3 is 5.97 Å². The van der Waals surface area contributed by atoms with Crippen molar-refractivity contribution in [2.45, 2.75) is 19.4 Å². The van der Waals surface area contributed by atoms with Crippen LogP contribution in [-0.4, -0.2) is 48.1 Å². The minimum absolute atomic E-state index is 0.233. The van der Waals surface area contributed by atoms with Crippen LogP contribution in [0.5, 0.6) is 0 Å². The normalized spacial score (nSPS) is 10.8. The van der Waals surface area contributed by atoms with Crippen LogP contribution in [-0.2, 0) is 6.54 Å². The van der Waals surface area contributed by atoms with E-state index in [1.54, 1.807) is 6.07 Å². The van der Waals surface area contributed by atoms with Crippen LogP contribution in [0, 0.1) is 10.1 Å². The molecule has 2 N–H and O–H groups in total. The van der Waals surface area contributed by atoms with Gasteiger partial charge in [-0.3, -0.25) is 10.1 Å². The number of nitro benzene ring substituents is 1. The predicted octanol–water partition coefficient (Wildman–Crippen LogP) is 1.72. The third-order valence-corrected chi connectivity index (χ3v) is 3.06. The van der Waals surface area contributed by atoms with Crippen molar-refractivity contribution in [2.24, 2.45) is 0 Å². The number of nitrogens with zero attached hydrogens (tertiary/aromatic N) is 2. The minimum Gasteiger partial charge on any atom is -0.477 e. The van der Waals surface area contributed by atoms with Gasteiger partial charge in [-0.15, -0.1) is 0 Å². The number of carboxylic acid groups (broad SMARTS) is 1. The Morgan fingerprint density at radius 3 is 2.67 bits per heavy atom. The maximum absolute atomic E-state index is 11.2. The standard InChI is InChI=1S/C14H21N3O4/c1-16(2)9-4-3-8-15-10-11-6-5-7-12(17(20)21)13(11)14(18)19/h5-7,15H,3-4,8-10H2,1-2H3,(H,18,19). The van der Waals surface area contributed by atoms with Crippen LogP contribution in [0.25, 0.3) is 0 Å². The number of carbonyl (C=O) groups is 1. The molecule has 0 atom stereocenters. The van der Waals surface area contributed by atoms with Crippen LogP contribution in [0.4, 0.5) is 5.69 Å². The van der Waals surface area contributed by atoms with Crippen molar-refractivity contribution in [1.82, 2.24) is 10.2 Å². The highest BCUT2D eigenvalue weighted by atomic mass is 16.6. The monoisotopic (exact) mass is 295 g/mol. The Bertz CT molecular complexity index is 503. The van der Waals surface area contributed by atoms with Crippen molar-refractivity contribution < 1.29 is 14.8 Å². The van der Waals surface area contributed by atoms with Gasteiger partial charge in [0.05, 0.1) is 4.92 Å². The lowest BCUT2D eigenvalue weighted by molar-refractivity contribution is -0.385. The van der Waals surface area contributed by atoms with Crippen molar-refractivity contribution in [2.75, 3.05) is 27.2 Å².